The van der Waals surface area contributed by atoms with Gasteiger partial charge in [-0.2, -0.15) is 5.10 Å². The number of nitrogens with zero attached hydrogens (tertiary/aromatic N) is 5. The maximum atomic E-state index is 14.7. The van der Waals surface area contributed by atoms with Crippen molar-refractivity contribution >= 4 is 27.6 Å². The van der Waals surface area contributed by atoms with Gasteiger partial charge < -0.3 is 4.90 Å². The van der Waals surface area contributed by atoms with E-state index in [9.17, 15) is 4.39 Å². The van der Waals surface area contributed by atoms with Crippen LogP contribution < -0.4 is 4.90 Å². The molecule has 3 heterocycles. The Kier molecular flexibility index (Phi) is 5.31. The molecule has 0 bridgehead atoms. The van der Waals surface area contributed by atoms with Crippen LogP contribution in [0.3, 0.4) is 0 Å². The van der Waals surface area contributed by atoms with E-state index in [1.165, 1.54) is 18.4 Å². The Balaban J connectivity index is 1.62. The lowest BCUT2D eigenvalue weighted by Crippen LogP contribution is -2.28. The Hall–Kier alpha value is -3.02. The minimum atomic E-state index is -0.319. The van der Waals surface area contributed by atoms with E-state index in [0.717, 1.165) is 52.9 Å². The van der Waals surface area contributed by atoms with Gasteiger partial charge in [0.1, 0.15) is 5.52 Å². The van der Waals surface area contributed by atoms with Crippen molar-refractivity contribution in [2.24, 2.45) is 13.0 Å². The topological polar surface area (TPSA) is 46.8 Å². The van der Waals surface area contributed by atoms with E-state index >= 15 is 0 Å². The second kappa shape index (κ2) is 8.15. The standard InChI is InChI=1S/C26H30FN5/c1-5-8-32(14-16(2)3)20-11-22-21(17-6-7-17)12-24(29-26(22)28-13-20)18-9-19-15-31(4)30-25(19)23(27)10-18/h9-13,15-17H,5-8,14H2,1-4H3. The van der Waals surface area contributed by atoms with Gasteiger partial charge in [-0.1, -0.05) is 20.8 Å². The summed E-state index contributed by atoms with van der Waals surface area (Å²) in [5, 5.41) is 6.13. The Labute approximate surface area is 188 Å². The average Bonchev–Trinajstić information content (AvgIpc) is 3.53. The number of benzene rings is 1. The summed E-state index contributed by atoms with van der Waals surface area (Å²) in [6, 6.07) is 7.92. The minimum Gasteiger partial charge on any atom is -0.370 e. The van der Waals surface area contributed by atoms with Gasteiger partial charge in [-0.05, 0) is 60.9 Å². The van der Waals surface area contributed by atoms with Crippen LogP contribution in [0.5, 0.6) is 0 Å². The van der Waals surface area contributed by atoms with Crippen LogP contribution in [-0.2, 0) is 7.05 Å². The van der Waals surface area contributed by atoms with Crippen LogP contribution in [-0.4, -0.2) is 32.8 Å². The lowest BCUT2D eigenvalue weighted by Gasteiger charge is -2.26. The third-order valence-electron chi connectivity index (χ3n) is 6.12. The van der Waals surface area contributed by atoms with Gasteiger partial charge in [0, 0.05) is 42.7 Å². The molecule has 6 heteroatoms. The number of rotatable bonds is 7. The molecule has 0 unspecified atom stereocenters. The van der Waals surface area contributed by atoms with Crippen LogP contribution in [0.15, 0.2) is 36.7 Å². The number of anilines is 1. The predicted molar refractivity (Wildman–Crippen MR) is 129 cm³/mol. The molecule has 1 saturated carbocycles. The first-order valence-electron chi connectivity index (χ1n) is 11.6. The third kappa shape index (κ3) is 3.94. The van der Waals surface area contributed by atoms with E-state index in [4.69, 9.17) is 9.97 Å². The van der Waals surface area contributed by atoms with Gasteiger partial charge in [0.05, 0.1) is 17.6 Å². The predicted octanol–water partition coefficient (Wildman–Crippen LogP) is 6.07. The largest absolute Gasteiger partial charge is 0.370 e. The van der Waals surface area contributed by atoms with Crippen molar-refractivity contribution in [3.05, 3.63) is 48.0 Å². The Morgan fingerprint density at radius 3 is 2.72 bits per heavy atom. The van der Waals surface area contributed by atoms with Crippen LogP contribution >= 0.6 is 0 Å². The molecule has 0 saturated heterocycles. The minimum absolute atomic E-state index is 0.319. The van der Waals surface area contributed by atoms with Crippen molar-refractivity contribution in [1.82, 2.24) is 19.7 Å². The number of hydrogen-bond donors (Lipinski definition) is 0. The Morgan fingerprint density at radius 2 is 2.00 bits per heavy atom. The SMILES string of the molecule is CCCN(CC(C)C)c1cnc2nc(-c3cc(F)c4nn(C)cc4c3)cc(C3CC3)c2c1. The lowest BCUT2D eigenvalue weighted by molar-refractivity contribution is 0.606. The van der Waals surface area contributed by atoms with Crippen LogP contribution in [0.1, 0.15) is 51.5 Å². The Bertz CT molecular complexity index is 1290. The fourth-order valence-electron chi connectivity index (χ4n) is 4.57. The third-order valence-corrected chi connectivity index (χ3v) is 6.12. The Morgan fingerprint density at radius 1 is 1.19 bits per heavy atom. The molecular weight excluding hydrogens is 401 g/mol. The summed E-state index contributed by atoms with van der Waals surface area (Å²) in [6.45, 7) is 8.73. The van der Waals surface area contributed by atoms with Crippen molar-refractivity contribution in [1.29, 1.82) is 0 Å². The lowest BCUT2D eigenvalue weighted by atomic mass is 10.0. The summed E-state index contributed by atoms with van der Waals surface area (Å²) in [4.78, 5) is 12.1. The van der Waals surface area contributed by atoms with E-state index in [2.05, 4.69) is 42.9 Å². The molecular formula is C26H30FN5. The van der Waals surface area contributed by atoms with Crippen molar-refractivity contribution in [3.63, 3.8) is 0 Å². The first-order valence-corrected chi connectivity index (χ1v) is 11.6. The number of hydrogen-bond acceptors (Lipinski definition) is 4. The molecule has 1 aliphatic carbocycles. The van der Waals surface area contributed by atoms with E-state index in [1.807, 2.05) is 18.5 Å². The fourth-order valence-corrected chi connectivity index (χ4v) is 4.57. The van der Waals surface area contributed by atoms with Crippen LogP contribution in [0.2, 0.25) is 0 Å². The summed E-state index contributed by atoms with van der Waals surface area (Å²) in [6.07, 6.45) is 7.25. The van der Waals surface area contributed by atoms with Gasteiger partial charge in [-0.25, -0.2) is 14.4 Å². The van der Waals surface area contributed by atoms with Gasteiger partial charge in [0.15, 0.2) is 11.5 Å². The summed E-state index contributed by atoms with van der Waals surface area (Å²) in [5.74, 6) is 0.797. The maximum Gasteiger partial charge on any atom is 0.160 e. The molecule has 0 atom stereocenters. The van der Waals surface area contributed by atoms with E-state index in [1.54, 1.807) is 17.8 Å². The molecule has 5 rings (SSSR count). The number of pyridine rings is 2. The van der Waals surface area contributed by atoms with Gasteiger partial charge in [-0.3, -0.25) is 4.68 Å². The second-order valence-corrected chi connectivity index (χ2v) is 9.47. The molecule has 1 aliphatic rings. The smallest absolute Gasteiger partial charge is 0.160 e. The first-order chi connectivity index (χ1) is 15.4. The molecule has 1 fully saturated rings. The molecule has 166 valence electrons. The zero-order valence-corrected chi connectivity index (χ0v) is 19.3. The van der Waals surface area contributed by atoms with Gasteiger partial charge in [0.25, 0.3) is 0 Å². The highest BCUT2D eigenvalue weighted by molar-refractivity contribution is 5.88. The van der Waals surface area contributed by atoms with Crippen molar-refractivity contribution < 1.29 is 4.39 Å². The molecule has 32 heavy (non-hydrogen) atoms. The zero-order chi connectivity index (χ0) is 22.4. The highest BCUT2D eigenvalue weighted by Crippen LogP contribution is 2.44. The van der Waals surface area contributed by atoms with E-state index in [-0.39, 0.29) is 5.82 Å². The highest BCUT2D eigenvalue weighted by Gasteiger charge is 2.27. The first kappa shape index (κ1) is 20.9. The summed E-state index contributed by atoms with van der Waals surface area (Å²) < 4.78 is 16.4. The molecule has 4 aromatic rings. The fraction of sp³-hybridized carbons (Fsp3) is 0.423. The van der Waals surface area contributed by atoms with Crippen LogP contribution in [0.25, 0.3) is 33.2 Å². The summed E-state index contributed by atoms with van der Waals surface area (Å²) in [7, 11) is 1.81. The van der Waals surface area contributed by atoms with Gasteiger partial charge >= 0.3 is 0 Å². The van der Waals surface area contributed by atoms with Crippen molar-refractivity contribution in [2.45, 2.75) is 46.0 Å². The number of aromatic nitrogens is 4. The molecule has 3 aromatic heterocycles. The van der Waals surface area contributed by atoms with Crippen molar-refractivity contribution in [3.8, 4) is 11.3 Å². The number of halogens is 1. The van der Waals surface area contributed by atoms with Gasteiger partial charge in [0.2, 0.25) is 0 Å². The normalized spacial score (nSPS) is 14.1. The molecule has 0 aliphatic heterocycles. The molecule has 0 radical (unpaired) electrons. The van der Waals surface area contributed by atoms with E-state index in [0.29, 0.717) is 17.4 Å². The monoisotopic (exact) mass is 431 g/mol. The second-order valence-electron chi connectivity index (χ2n) is 9.47. The summed E-state index contributed by atoms with van der Waals surface area (Å²) >= 11 is 0. The van der Waals surface area contributed by atoms with Gasteiger partial charge in [-0.15, -0.1) is 0 Å². The molecule has 5 nitrogen and oxygen atoms in total. The zero-order valence-electron chi connectivity index (χ0n) is 19.3. The van der Waals surface area contributed by atoms with Crippen molar-refractivity contribution in [2.75, 3.05) is 18.0 Å². The maximum absolute atomic E-state index is 14.7. The van der Waals surface area contributed by atoms with E-state index < -0.39 is 0 Å². The molecule has 0 amide bonds. The number of aryl methyl sites for hydroxylation is 1. The summed E-state index contributed by atoms with van der Waals surface area (Å²) in [5.41, 5.74) is 5.12. The molecule has 0 spiro atoms. The average molecular weight is 432 g/mol. The quantitative estimate of drug-likeness (QED) is 0.356. The van der Waals surface area contributed by atoms with Crippen LogP contribution in [0, 0.1) is 11.7 Å². The number of fused-ring (bicyclic) bond motifs is 2. The molecule has 1 aromatic carbocycles. The highest BCUT2D eigenvalue weighted by atomic mass is 19.1. The van der Waals surface area contributed by atoms with Crippen LogP contribution in [0.4, 0.5) is 10.1 Å². The molecule has 0 N–H and O–H groups in total.